The molecule has 5 heteroatoms. The fraction of sp³-hybridized carbons (Fsp3) is 0.929. The summed E-state index contributed by atoms with van der Waals surface area (Å²) in [6.45, 7) is 9.07. The standard InChI is InChI=1S/C14H31N3O2/c1-7-19-14(18)13(15-12(2)3)11-17(6)10-8-9-16(4)5/h12-13,15H,7-11H2,1-6H3. The van der Waals surface area contributed by atoms with Crippen molar-refractivity contribution in [2.45, 2.75) is 39.3 Å². The molecule has 0 aromatic carbocycles. The first-order valence-electron chi connectivity index (χ1n) is 7.12. The van der Waals surface area contributed by atoms with Gasteiger partial charge in [-0.15, -0.1) is 0 Å². The maximum atomic E-state index is 11.9. The van der Waals surface area contributed by atoms with Gasteiger partial charge in [-0.3, -0.25) is 4.79 Å². The lowest BCUT2D eigenvalue weighted by Gasteiger charge is -2.25. The fourth-order valence-corrected chi connectivity index (χ4v) is 1.90. The van der Waals surface area contributed by atoms with Crippen LogP contribution in [0.4, 0.5) is 0 Å². The normalized spacial score (nSPS) is 13.3. The monoisotopic (exact) mass is 273 g/mol. The Labute approximate surface area is 118 Å². The van der Waals surface area contributed by atoms with Gasteiger partial charge in [0.2, 0.25) is 0 Å². The molecular formula is C14H31N3O2. The van der Waals surface area contributed by atoms with Gasteiger partial charge in [0.1, 0.15) is 6.04 Å². The number of esters is 1. The summed E-state index contributed by atoms with van der Waals surface area (Å²) >= 11 is 0. The minimum atomic E-state index is -0.246. The molecule has 0 aliphatic rings. The zero-order valence-corrected chi connectivity index (χ0v) is 13.4. The highest BCUT2D eigenvalue weighted by Gasteiger charge is 2.21. The summed E-state index contributed by atoms with van der Waals surface area (Å²) in [6, 6.07) is 0.0221. The summed E-state index contributed by atoms with van der Waals surface area (Å²) in [4.78, 5) is 16.2. The van der Waals surface area contributed by atoms with E-state index in [1.165, 1.54) is 0 Å². The second-order valence-electron chi connectivity index (χ2n) is 5.55. The predicted molar refractivity (Wildman–Crippen MR) is 79.4 cm³/mol. The third kappa shape index (κ3) is 9.87. The number of rotatable bonds is 10. The van der Waals surface area contributed by atoms with Gasteiger partial charge in [-0.2, -0.15) is 0 Å². The first-order valence-corrected chi connectivity index (χ1v) is 7.12. The van der Waals surface area contributed by atoms with Crippen molar-refractivity contribution in [2.24, 2.45) is 0 Å². The molecule has 5 nitrogen and oxygen atoms in total. The molecule has 0 aromatic heterocycles. The van der Waals surface area contributed by atoms with Crippen LogP contribution in [0.25, 0.3) is 0 Å². The number of ether oxygens (including phenoxy) is 1. The van der Waals surface area contributed by atoms with Gasteiger partial charge < -0.3 is 19.9 Å². The number of carbonyl (C=O) groups is 1. The van der Waals surface area contributed by atoms with Crippen LogP contribution < -0.4 is 5.32 Å². The molecule has 19 heavy (non-hydrogen) atoms. The lowest BCUT2D eigenvalue weighted by atomic mass is 10.2. The van der Waals surface area contributed by atoms with Gasteiger partial charge in [-0.1, -0.05) is 13.8 Å². The maximum absolute atomic E-state index is 11.9. The first kappa shape index (κ1) is 18.4. The predicted octanol–water partition coefficient (Wildman–Crippen LogP) is 0.800. The van der Waals surface area contributed by atoms with Gasteiger partial charge in [-0.05, 0) is 47.6 Å². The summed E-state index contributed by atoms with van der Waals surface area (Å²) in [5.41, 5.74) is 0. The first-order chi connectivity index (χ1) is 8.86. The highest BCUT2D eigenvalue weighted by molar-refractivity contribution is 5.76. The van der Waals surface area contributed by atoms with Crippen molar-refractivity contribution < 1.29 is 9.53 Å². The average molecular weight is 273 g/mol. The van der Waals surface area contributed by atoms with Gasteiger partial charge >= 0.3 is 5.97 Å². The number of hydrogen-bond acceptors (Lipinski definition) is 5. The van der Waals surface area contributed by atoms with Crippen molar-refractivity contribution in [3.05, 3.63) is 0 Å². The highest BCUT2D eigenvalue weighted by atomic mass is 16.5. The molecule has 0 spiro atoms. The van der Waals surface area contributed by atoms with E-state index >= 15 is 0 Å². The largest absolute Gasteiger partial charge is 0.465 e. The van der Waals surface area contributed by atoms with E-state index in [0.29, 0.717) is 13.2 Å². The van der Waals surface area contributed by atoms with Crippen molar-refractivity contribution in [1.29, 1.82) is 0 Å². The van der Waals surface area contributed by atoms with Crippen LogP contribution in [0, 0.1) is 0 Å². The minimum Gasteiger partial charge on any atom is -0.465 e. The zero-order valence-electron chi connectivity index (χ0n) is 13.4. The molecule has 0 amide bonds. The van der Waals surface area contributed by atoms with Crippen LogP contribution in [0.5, 0.6) is 0 Å². The van der Waals surface area contributed by atoms with E-state index in [9.17, 15) is 4.79 Å². The van der Waals surface area contributed by atoms with E-state index in [-0.39, 0.29) is 18.1 Å². The van der Waals surface area contributed by atoms with Crippen LogP contribution in [0.3, 0.4) is 0 Å². The molecule has 1 unspecified atom stereocenters. The Kier molecular flexibility index (Phi) is 9.83. The van der Waals surface area contributed by atoms with Gasteiger partial charge in [-0.25, -0.2) is 0 Å². The Morgan fingerprint density at radius 2 is 1.84 bits per heavy atom. The molecule has 114 valence electrons. The minimum absolute atomic E-state index is 0.157. The van der Waals surface area contributed by atoms with Gasteiger partial charge in [0.15, 0.2) is 0 Å². The summed E-state index contributed by atoms with van der Waals surface area (Å²) in [5.74, 6) is -0.157. The molecule has 0 aliphatic heterocycles. The van der Waals surface area contributed by atoms with E-state index in [4.69, 9.17) is 4.74 Å². The van der Waals surface area contributed by atoms with E-state index in [0.717, 1.165) is 19.5 Å². The Bertz CT molecular complexity index is 245. The number of nitrogens with one attached hydrogen (secondary N) is 1. The summed E-state index contributed by atoms with van der Waals surface area (Å²) in [6.07, 6.45) is 1.10. The Balaban J connectivity index is 4.18. The van der Waals surface area contributed by atoms with E-state index in [1.54, 1.807) is 0 Å². The molecule has 0 heterocycles. The molecule has 1 N–H and O–H groups in total. The maximum Gasteiger partial charge on any atom is 0.324 e. The molecule has 0 aliphatic carbocycles. The number of likely N-dealkylation sites (N-methyl/N-ethyl adjacent to an activating group) is 1. The lowest BCUT2D eigenvalue weighted by molar-refractivity contribution is -0.146. The number of hydrogen-bond donors (Lipinski definition) is 1. The third-order valence-corrected chi connectivity index (χ3v) is 2.75. The molecular weight excluding hydrogens is 242 g/mol. The van der Waals surface area contributed by atoms with Crippen molar-refractivity contribution in [3.63, 3.8) is 0 Å². The molecule has 0 radical (unpaired) electrons. The van der Waals surface area contributed by atoms with Crippen molar-refractivity contribution in [1.82, 2.24) is 15.1 Å². The van der Waals surface area contributed by atoms with E-state index < -0.39 is 0 Å². The summed E-state index contributed by atoms with van der Waals surface area (Å²) < 4.78 is 5.11. The fourth-order valence-electron chi connectivity index (χ4n) is 1.90. The van der Waals surface area contributed by atoms with Crippen molar-refractivity contribution in [2.75, 3.05) is 47.4 Å². The second-order valence-corrected chi connectivity index (χ2v) is 5.55. The second kappa shape index (κ2) is 10.2. The third-order valence-electron chi connectivity index (χ3n) is 2.75. The van der Waals surface area contributed by atoms with E-state index in [2.05, 4.69) is 29.2 Å². The molecule has 0 aromatic rings. The molecule has 0 saturated heterocycles. The number of carbonyl (C=O) groups excluding carboxylic acids is 1. The van der Waals surface area contributed by atoms with Crippen LogP contribution in [-0.2, 0) is 9.53 Å². The molecule has 1 atom stereocenters. The quantitative estimate of drug-likeness (QED) is 0.597. The Hall–Kier alpha value is -0.650. The Morgan fingerprint density at radius 1 is 1.21 bits per heavy atom. The zero-order chi connectivity index (χ0) is 14.8. The van der Waals surface area contributed by atoms with Crippen molar-refractivity contribution in [3.8, 4) is 0 Å². The Morgan fingerprint density at radius 3 is 2.32 bits per heavy atom. The SMILES string of the molecule is CCOC(=O)C(CN(C)CCCN(C)C)NC(C)C. The van der Waals surface area contributed by atoms with Gasteiger partial charge in [0, 0.05) is 12.6 Å². The van der Waals surface area contributed by atoms with E-state index in [1.807, 2.05) is 27.8 Å². The molecule has 0 bridgehead atoms. The van der Waals surface area contributed by atoms with Gasteiger partial charge in [0.05, 0.1) is 6.61 Å². The molecule has 0 rings (SSSR count). The van der Waals surface area contributed by atoms with Crippen LogP contribution in [-0.4, -0.2) is 75.2 Å². The number of nitrogens with zero attached hydrogens (tertiary/aromatic N) is 2. The smallest absolute Gasteiger partial charge is 0.324 e. The molecule has 0 fully saturated rings. The van der Waals surface area contributed by atoms with Crippen LogP contribution in [0.1, 0.15) is 27.2 Å². The average Bonchev–Trinajstić information content (AvgIpc) is 2.27. The summed E-state index contributed by atoms with van der Waals surface area (Å²) in [5, 5.41) is 3.27. The summed E-state index contributed by atoms with van der Waals surface area (Å²) in [7, 11) is 6.19. The lowest BCUT2D eigenvalue weighted by Crippen LogP contribution is -2.48. The van der Waals surface area contributed by atoms with Gasteiger partial charge in [0.25, 0.3) is 0 Å². The van der Waals surface area contributed by atoms with Crippen LogP contribution in [0.2, 0.25) is 0 Å². The van der Waals surface area contributed by atoms with Crippen LogP contribution in [0.15, 0.2) is 0 Å². The van der Waals surface area contributed by atoms with Crippen LogP contribution >= 0.6 is 0 Å². The van der Waals surface area contributed by atoms with Crippen molar-refractivity contribution >= 4 is 5.97 Å². The molecule has 0 saturated carbocycles. The highest BCUT2D eigenvalue weighted by Crippen LogP contribution is 1.98. The topological polar surface area (TPSA) is 44.8 Å².